The SMILES string of the molecule is Cc1ccc(N2C(=O)NC(=O)/C(=C\c3ccc(Sc4ccc(Cl)cc4)s3)C2=O)cc1. The molecule has 1 aliphatic heterocycles. The number of aryl methyl sites for hydroxylation is 1. The van der Waals surface area contributed by atoms with E-state index in [0.717, 1.165) is 24.4 Å². The van der Waals surface area contributed by atoms with Crippen LogP contribution in [0.25, 0.3) is 6.08 Å². The highest BCUT2D eigenvalue weighted by atomic mass is 35.5. The van der Waals surface area contributed by atoms with Crippen molar-refractivity contribution in [3.63, 3.8) is 0 Å². The van der Waals surface area contributed by atoms with Crippen molar-refractivity contribution >= 4 is 64.3 Å². The van der Waals surface area contributed by atoms with Crippen LogP contribution in [-0.4, -0.2) is 17.8 Å². The Morgan fingerprint density at radius 2 is 1.67 bits per heavy atom. The van der Waals surface area contributed by atoms with Gasteiger partial charge < -0.3 is 0 Å². The summed E-state index contributed by atoms with van der Waals surface area (Å²) in [6, 6.07) is 17.4. The summed E-state index contributed by atoms with van der Waals surface area (Å²) in [6.45, 7) is 1.91. The molecule has 8 heteroatoms. The van der Waals surface area contributed by atoms with E-state index >= 15 is 0 Å². The minimum atomic E-state index is -0.754. The summed E-state index contributed by atoms with van der Waals surface area (Å²) in [6.07, 6.45) is 1.52. The molecular weight excluding hydrogens is 440 g/mol. The summed E-state index contributed by atoms with van der Waals surface area (Å²) in [4.78, 5) is 40.3. The van der Waals surface area contributed by atoms with Gasteiger partial charge in [-0.05, 0) is 61.5 Å². The van der Waals surface area contributed by atoms with Gasteiger partial charge in [0.2, 0.25) is 0 Å². The highest BCUT2D eigenvalue weighted by molar-refractivity contribution is 8.01. The third-order valence-corrected chi connectivity index (χ3v) is 6.74. The van der Waals surface area contributed by atoms with Crippen LogP contribution in [0.1, 0.15) is 10.4 Å². The van der Waals surface area contributed by atoms with Crippen molar-refractivity contribution in [1.29, 1.82) is 0 Å². The molecule has 4 amide bonds. The summed E-state index contributed by atoms with van der Waals surface area (Å²) < 4.78 is 0.999. The Morgan fingerprint density at radius 3 is 2.37 bits per heavy atom. The summed E-state index contributed by atoms with van der Waals surface area (Å²) in [5.41, 5.74) is 1.33. The fourth-order valence-electron chi connectivity index (χ4n) is 2.81. The zero-order valence-electron chi connectivity index (χ0n) is 15.7. The van der Waals surface area contributed by atoms with Crippen molar-refractivity contribution in [3.05, 3.63) is 81.7 Å². The number of imide groups is 2. The normalized spacial score (nSPS) is 15.6. The van der Waals surface area contributed by atoms with Crippen molar-refractivity contribution < 1.29 is 14.4 Å². The number of rotatable bonds is 4. The Hall–Kier alpha value is -2.87. The second kappa shape index (κ2) is 8.47. The van der Waals surface area contributed by atoms with E-state index in [2.05, 4.69) is 5.32 Å². The molecule has 0 aliphatic carbocycles. The van der Waals surface area contributed by atoms with Gasteiger partial charge in [0.05, 0.1) is 9.90 Å². The second-order valence-corrected chi connectivity index (χ2v) is 9.43. The van der Waals surface area contributed by atoms with Gasteiger partial charge in [-0.25, -0.2) is 9.69 Å². The minimum absolute atomic E-state index is 0.0833. The number of barbiturate groups is 1. The van der Waals surface area contributed by atoms with Crippen LogP contribution in [0.3, 0.4) is 0 Å². The molecule has 1 aliphatic rings. The summed E-state index contributed by atoms with van der Waals surface area (Å²) in [7, 11) is 0. The quantitative estimate of drug-likeness (QED) is 0.416. The number of hydrogen-bond donors (Lipinski definition) is 1. The lowest BCUT2D eigenvalue weighted by molar-refractivity contribution is -0.122. The van der Waals surface area contributed by atoms with Crippen LogP contribution in [0.2, 0.25) is 5.02 Å². The molecule has 1 N–H and O–H groups in total. The maximum atomic E-state index is 12.9. The van der Waals surface area contributed by atoms with Crippen molar-refractivity contribution in [2.24, 2.45) is 0 Å². The maximum absolute atomic E-state index is 12.9. The Balaban J connectivity index is 1.59. The van der Waals surface area contributed by atoms with Gasteiger partial charge in [-0.15, -0.1) is 11.3 Å². The third-order valence-electron chi connectivity index (χ3n) is 4.31. The summed E-state index contributed by atoms with van der Waals surface area (Å²) in [5, 5.41) is 2.91. The van der Waals surface area contributed by atoms with Crippen LogP contribution >= 0.6 is 34.7 Å². The second-order valence-electron chi connectivity index (χ2n) is 6.51. The Kier molecular flexibility index (Phi) is 5.76. The van der Waals surface area contributed by atoms with E-state index in [1.807, 2.05) is 43.3 Å². The topological polar surface area (TPSA) is 66.5 Å². The maximum Gasteiger partial charge on any atom is 0.335 e. The molecule has 2 heterocycles. The average molecular weight is 455 g/mol. The number of carbonyl (C=O) groups is 3. The largest absolute Gasteiger partial charge is 0.335 e. The molecule has 0 atom stereocenters. The number of urea groups is 1. The number of amides is 4. The first-order valence-electron chi connectivity index (χ1n) is 8.92. The van der Waals surface area contributed by atoms with Crippen LogP contribution in [0.15, 0.2) is 75.3 Å². The molecule has 0 radical (unpaired) electrons. The standard InChI is InChI=1S/C22H15ClN2O3S2/c1-13-2-6-15(7-3-13)25-21(27)18(20(26)24-22(25)28)12-17-10-11-19(30-17)29-16-8-4-14(23)5-9-16/h2-12H,1H3,(H,24,26,28)/b18-12+. The number of thiophene rings is 1. The lowest BCUT2D eigenvalue weighted by atomic mass is 10.1. The van der Waals surface area contributed by atoms with Crippen LogP contribution in [0, 0.1) is 6.92 Å². The molecule has 1 aromatic heterocycles. The van der Waals surface area contributed by atoms with E-state index in [0.29, 0.717) is 10.7 Å². The number of benzene rings is 2. The van der Waals surface area contributed by atoms with Gasteiger partial charge in [-0.2, -0.15) is 0 Å². The zero-order valence-corrected chi connectivity index (χ0v) is 18.1. The number of anilines is 1. The monoisotopic (exact) mass is 454 g/mol. The number of nitrogens with zero attached hydrogens (tertiary/aromatic N) is 1. The predicted octanol–water partition coefficient (Wildman–Crippen LogP) is 5.53. The molecule has 2 aromatic carbocycles. The molecule has 1 saturated heterocycles. The lowest BCUT2D eigenvalue weighted by Gasteiger charge is -2.26. The predicted molar refractivity (Wildman–Crippen MR) is 120 cm³/mol. The first kappa shape index (κ1) is 20.4. The number of carbonyl (C=O) groups excluding carboxylic acids is 3. The van der Waals surface area contributed by atoms with Gasteiger partial charge >= 0.3 is 6.03 Å². The van der Waals surface area contributed by atoms with Gasteiger partial charge in [-0.1, -0.05) is 41.1 Å². The zero-order chi connectivity index (χ0) is 21.3. The highest BCUT2D eigenvalue weighted by Crippen LogP contribution is 2.35. The van der Waals surface area contributed by atoms with Gasteiger partial charge in [0.25, 0.3) is 11.8 Å². The van der Waals surface area contributed by atoms with Gasteiger partial charge in [0, 0.05) is 14.8 Å². The third kappa shape index (κ3) is 4.33. The van der Waals surface area contributed by atoms with Crippen LogP contribution < -0.4 is 10.2 Å². The minimum Gasteiger partial charge on any atom is -0.273 e. The number of halogens is 1. The van der Waals surface area contributed by atoms with Crippen molar-refractivity contribution in [1.82, 2.24) is 5.32 Å². The summed E-state index contributed by atoms with van der Waals surface area (Å²) >= 11 is 8.92. The molecule has 3 aromatic rings. The molecule has 0 unspecified atom stereocenters. The molecule has 4 rings (SSSR count). The molecule has 0 saturated carbocycles. The molecule has 0 bridgehead atoms. The number of nitrogens with one attached hydrogen (secondary N) is 1. The van der Waals surface area contributed by atoms with Gasteiger partial charge in [-0.3, -0.25) is 14.9 Å². The molecule has 30 heavy (non-hydrogen) atoms. The van der Waals surface area contributed by atoms with E-state index in [9.17, 15) is 14.4 Å². The van der Waals surface area contributed by atoms with Crippen LogP contribution in [0.4, 0.5) is 10.5 Å². The Bertz CT molecular complexity index is 1170. The fourth-order valence-corrected chi connectivity index (χ4v) is 5.01. The molecular formula is C22H15ClN2O3S2. The van der Waals surface area contributed by atoms with E-state index in [1.54, 1.807) is 36.0 Å². The first-order chi connectivity index (χ1) is 14.4. The highest BCUT2D eigenvalue weighted by Gasteiger charge is 2.36. The van der Waals surface area contributed by atoms with Crippen LogP contribution in [-0.2, 0) is 9.59 Å². The van der Waals surface area contributed by atoms with Crippen molar-refractivity contribution in [2.45, 2.75) is 16.0 Å². The van der Waals surface area contributed by atoms with E-state index in [1.165, 1.54) is 17.4 Å². The van der Waals surface area contributed by atoms with E-state index in [4.69, 9.17) is 11.6 Å². The average Bonchev–Trinajstić information content (AvgIpc) is 3.15. The van der Waals surface area contributed by atoms with Gasteiger partial charge in [0.1, 0.15) is 5.57 Å². The molecule has 5 nitrogen and oxygen atoms in total. The molecule has 150 valence electrons. The first-order valence-corrected chi connectivity index (χ1v) is 10.9. The van der Waals surface area contributed by atoms with Crippen molar-refractivity contribution in [3.8, 4) is 0 Å². The van der Waals surface area contributed by atoms with E-state index in [-0.39, 0.29) is 5.57 Å². The Morgan fingerprint density at radius 1 is 0.967 bits per heavy atom. The van der Waals surface area contributed by atoms with Crippen molar-refractivity contribution in [2.75, 3.05) is 4.90 Å². The Labute approximate surface area is 186 Å². The summed E-state index contributed by atoms with van der Waals surface area (Å²) in [5.74, 6) is -1.35. The number of hydrogen-bond acceptors (Lipinski definition) is 5. The smallest absolute Gasteiger partial charge is 0.273 e. The molecule has 1 fully saturated rings. The fraction of sp³-hybridized carbons (Fsp3) is 0.0455. The molecule has 0 spiro atoms. The lowest BCUT2D eigenvalue weighted by Crippen LogP contribution is -2.54. The van der Waals surface area contributed by atoms with E-state index < -0.39 is 17.8 Å². The van der Waals surface area contributed by atoms with Gasteiger partial charge in [0.15, 0.2) is 0 Å². The van der Waals surface area contributed by atoms with Crippen LogP contribution in [0.5, 0.6) is 0 Å².